The SMILES string of the molecule is COC(=O)c1ccc(C(=O)N(CCN(C)C)c2nc3c(F)cc(F)cc3s2)cc1.Cl. The molecule has 0 fully saturated rings. The summed E-state index contributed by atoms with van der Waals surface area (Å²) in [5.41, 5.74) is 0.679. The number of fused-ring (bicyclic) bond motifs is 1. The zero-order valence-corrected chi connectivity index (χ0v) is 18.2. The highest BCUT2D eigenvalue weighted by atomic mass is 35.5. The minimum absolute atomic E-state index is 0. The average Bonchev–Trinajstić information content (AvgIpc) is 3.11. The molecule has 160 valence electrons. The summed E-state index contributed by atoms with van der Waals surface area (Å²) in [6.07, 6.45) is 0. The third-order valence-corrected chi connectivity index (χ3v) is 5.23. The lowest BCUT2D eigenvalue weighted by molar-refractivity contribution is 0.0600. The molecule has 1 heterocycles. The second-order valence-corrected chi connectivity index (χ2v) is 7.57. The number of anilines is 1. The summed E-state index contributed by atoms with van der Waals surface area (Å²) in [7, 11) is 5.00. The van der Waals surface area contributed by atoms with Crippen LogP contribution in [0.2, 0.25) is 0 Å². The number of thiazole rings is 1. The van der Waals surface area contributed by atoms with Crippen LogP contribution in [-0.2, 0) is 4.74 Å². The molecule has 0 atom stereocenters. The average molecular weight is 456 g/mol. The smallest absolute Gasteiger partial charge is 0.337 e. The van der Waals surface area contributed by atoms with E-state index in [9.17, 15) is 18.4 Å². The Balaban J connectivity index is 0.00000320. The van der Waals surface area contributed by atoms with Crippen molar-refractivity contribution in [3.63, 3.8) is 0 Å². The van der Waals surface area contributed by atoms with Gasteiger partial charge in [-0.05, 0) is 44.4 Å². The van der Waals surface area contributed by atoms with E-state index in [2.05, 4.69) is 9.72 Å². The number of rotatable bonds is 6. The van der Waals surface area contributed by atoms with Gasteiger partial charge >= 0.3 is 5.97 Å². The molecule has 1 aromatic heterocycles. The molecule has 0 bridgehead atoms. The highest BCUT2D eigenvalue weighted by Crippen LogP contribution is 2.32. The summed E-state index contributed by atoms with van der Waals surface area (Å²) in [4.78, 5) is 32.3. The first-order chi connectivity index (χ1) is 13.8. The Bertz CT molecular complexity index is 1060. The minimum Gasteiger partial charge on any atom is -0.465 e. The molecule has 0 aliphatic carbocycles. The van der Waals surface area contributed by atoms with E-state index in [0.717, 1.165) is 17.4 Å². The van der Waals surface area contributed by atoms with Crippen molar-refractivity contribution in [2.75, 3.05) is 39.2 Å². The van der Waals surface area contributed by atoms with Gasteiger partial charge in [-0.25, -0.2) is 18.6 Å². The van der Waals surface area contributed by atoms with Gasteiger partial charge in [0.05, 0.1) is 17.4 Å². The fourth-order valence-corrected chi connectivity index (χ4v) is 3.70. The molecule has 0 aliphatic rings. The van der Waals surface area contributed by atoms with E-state index >= 15 is 0 Å². The molecule has 0 aliphatic heterocycles. The predicted octanol–water partition coefficient (Wildman–Crippen LogP) is 3.99. The number of esters is 1. The molecule has 3 rings (SSSR count). The number of halogens is 3. The molecule has 1 amide bonds. The van der Waals surface area contributed by atoms with Gasteiger partial charge in [-0.1, -0.05) is 11.3 Å². The maximum Gasteiger partial charge on any atom is 0.337 e. The Morgan fingerprint density at radius 3 is 2.30 bits per heavy atom. The third kappa shape index (κ3) is 5.10. The molecule has 0 radical (unpaired) electrons. The second-order valence-electron chi connectivity index (χ2n) is 6.56. The quantitative estimate of drug-likeness (QED) is 0.526. The van der Waals surface area contributed by atoms with Crippen molar-refractivity contribution in [1.82, 2.24) is 9.88 Å². The first-order valence-electron chi connectivity index (χ1n) is 8.70. The minimum atomic E-state index is -0.773. The molecule has 0 saturated carbocycles. The van der Waals surface area contributed by atoms with Crippen LogP contribution in [0.3, 0.4) is 0 Å². The molecule has 0 saturated heterocycles. The number of nitrogens with zero attached hydrogens (tertiary/aromatic N) is 3. The normalized spacial score (nSPS) is 10.7. The Morgan fingerprint density at radius 1 is 1.07 bits per heavy atom. The Morgan fingerprint density at radius 2 is 1.70 bits per heavy atom. The van der Waals surface area contributed by atoms with Crippen LogP contribution in [0, 0.1) is 11.6 Å². The Hall–Kier alpha value is -2.62. The van der Waals surface area contributed by atoms with Gasteiger partial charge in [-0.2, -0.15) is 0 Å². The van der Waals surface area contributed by atoms with Gasteiger partial charge in [0.2, 0.25) is 0 Å². The van der Waals surface area contributed by atoms with Gasteiger partial charge in [0.15, 0.2) is 10.9 Å². The number of benzene rings is 2. The zero-order chi connectivity index (χ0) is 21.1. The molecule has 0 spiro atoms. The van der Waals surface area contributed by atoms with Gasteiger partial charge in [0, 0.05) is 24.7 Å². The lowest BCUT2D eigenvalue weighted by Gasteiger charge is -2.22. The van der Waals surface area contributed by atoms with Gasteiger partial charge in [0.25, 0.3) is 5.91 Å². The summed E-state index contributed by atoms with van der Waals surface area (Å²) in [6.45, 7) is 0.841. The first kappa shape index (κ1) is 23.7. The van der Waals surface area contributed by atoms with Crippen LogP contribution < -0.4 is 4.90 Å². The number of methoxy groups -OCH3 is 1. The fraction of sp³-hybridized carbons (Fsp3) is 0.250. The number of carbonyl (C=O) groups excluding carboxylic acids is 2. The number of carbonyl (C=O) groups is 2. The van der Waals surface area contributed by atoms with Crippen molar-refractivity contribution in [2.45, 2.75) is 0 Å². The van der Waals surface area contributed by atoms with E-state index in [-0.39, 0.29) is 29.0 Å². The fourth-order valence-electron chi connectivity index (χ4n) is 2.67. The van der Waals surface area contributed by atoms with Gasteiger partial charge in [-0.15, -0.1) is 12.4 Å². The molecule has 10 heteroatoms. The van der Waals surface area contributed by atoms with Crippen LogP contribution in [-0.4, -0.2) is 56.1 Å². The first-order valence-corrected chi connectivity index (χ1v) is 9.52. The summed E-state index contributed by atoms with van der Waals surface area (Å²) in [6, 6.07) is 7.99. The third-order valence-electron chi connectivity index (χ3n) is 4.20. The molecular formula is C20H20ClF2N3O3S. The molecule has 0 unspecified atom stereocenters. The standard InChI is InChI=1S/C20H19F2N3O3S.ClH/c1-24(2)8-9-25(18(26)12-4-6-13(7-5-12)19(27)28-3)20-23-17-15(22)10-14(21)11-16(17)29-20;/h4-7,10-11H,8-9H2,1-3H3;1H. The second kappa shape index (κ2) is 9.92. The molecule has 2 aromatic carbocycles. The molecule has 3 aromatic rings. The summed E-state index contributed by atoms with van der Waals surface area (Å²) < 4.78 is 32.6. The van der Waals surface area contributed by atoms with Crippen LogP contribution in [0.15, 0.2) is 36.4 Å². The van der Waals surface area contributed by atoms with Crippen molar-refractivity contribution >= 4 is 51.0 Å². The van der Waals surface area contributed by atoms with E-state index in [0.29, 0.717) is 28.9 Å². The van der Waals surface area contributed by atoms with Crippen molar-refractivity contribution in [3.05, 3.63) is 59.2 Å². The number of likely N-dealkylation sites (N-methyl/N-ethyl adjacent to an activating group) is 1. The number of ether oxygens (including phenoxy) is 1. The topological polar surface area (TPSA) is 62.7 Å². The molecule has 30 heavy (non-hydrogen) atoms. The van der Waals surface area contributed by atoms with Crippen LogP contribution in [0.25, 0.3) is 10.2 Å². The summed E-state index contributed by atoms with van der Waals surface area (Å²) in [5, 5.41) is 0.272. The van der Waals surface area contributed by atoms with E-state index in [1.807, 2.05) is 19.0 Å². The van der Waals surface area contributed by atoms with Gasteiger partial charge < -0.3 is 9.64 Å². The molecule has 0 N–H and O–H groups in total. The number of aromatic nitrogens is 1. The van der Waals surface area contributed by atoms with Crippen LogP contribution in [0.1, 0.15) is 20.7 Å². The van der Waals surface area contributed by atoms with Crippen LogP contribution in [0.5, 0.6) is 0 Å². The molecule has 6 nitrogen and oxygen atoms in total. The number of hydrogen-bond acceptors (Lipinski definition) is 6. The zero-order valence-electron chi connectivity index (χ0n) is 16.5. The van der Waals surface area contributed by atoms with E-state index < -0.39 is 17.6 Å². The van der Waals surface area contributed by atoms with Crippen LogP contribution >= 0.6 is 23.7 Å². The summed E-state index contributed by atoms with van der Waals surface area (Å²) >= 11 is 1.04. The van der Waals surface area contributed by atoms with Crippen molar-refractivity contribution in [1.29, 1.82) is 0 Å². The maximum absolute atomic E-state index is 14.1. The van der Waals surface area contributed by atoms with Gasteiger partial charge in [-0.3, -0.25) is 9.69 Å². The maximum atomic E-state index is 14.1. The number of amides is 1. The van der Waals surface area contributed by atoms with Crippen LogP contribution in [0.4, 0.5) is 13.9 Å². The molecular weight excluding hydrogens is 436 g/mol. The lowest BCUT2D eigenvalue weighted by atomic mass is 10.1. The van der Waals surface area contributed by atoms with Crippen molar-refractivity contribution in [2.24, 2.45) is 0 Å². The Labute approximate surface area is 182 Å². The van der Waals surface area contributed by atoms with Crippen molar-refractivity contribution in [3.8, 4) is 0 Å². The van der Waals surface area contributed by atoms with E-state index in [1.165, 1.54) is 42.3 Å². The number of hydrogen-bond donors (Lipinski definition) is 0. The highest BCUT2D eigenvalue weighted by molar-refractivity contribution is 7.22. The highest BCUT2D eigenvalue weighted by Gasteiger charge is 2.23. The van der Waals surface area contributed by atoms with E-state index in [1.54, 1.807) is 0 Å². The predicted molar refractivity (Wildman–Crippen MR) is 115 cm³/mol. The van der Waals surface area contributed by atoms with Crippen molar-refractivity contribution < 1.29 is 23.1 Å². The van der Waals surface area contributed by atoms with E-state index in [4.69, 9.17) is 0 Å². The summed E-state index contributed by atoms with van der Waals surface area (Å²) in [5.74, 6) is -2.33. The monoisotopic (exact) mass is 455 g/mol. The lowest BCUT2D eigenvalue weighted by Crippen LogP contribution is -2.36. The Kier molecular flexibility index (Phi) is 7.83. The largest absolute Gasteiger partial charge is 0.465 e. The van der Waals surface area contributed by atoms with Gasteiger partial charge in [0.1, 0.15) is 11.3 Å².